The van der Waals surface area contributed by atoms with Crippen LogP contribution >= 0.6 is 11.8 Å². The number of hydrogen-bond donors (Lipinski definition) is 1. The number of aliphatic hydroxyl groups excluding tert-OH is 1. The number of nitrogens with zero attached hydrogens (tertiary/aromatic N) is 3. The van der Waals surface area contributed by atoms with Crippen LogP contribution < -0.4 is 0 Å². The average Bonchev–Trinajstić information content (AvgIpc) is 2.34. The highest BCUT2D eigenvalue weighted by atomic mass is 32.2. The SMILES string of the molecule is CCSc1nnc(CO)n1C. The summed E-state index contributed by atoms with van der Waals surface area (Å²) in [7, 11) is 1.85. The fourth-order valence-electron chi connectivity index (χ4n) is 0.738. The van der Waals surface area contributed by atoms with E-state index in [9.17, 15) is 0 Å². The molecule has 5 heteroatoms. The van der Waals surface area contributed by atoms with E-state index in [0.717, 1.165) is 10.9 Å². The minimum atomic E-state index is -0.0478. The van der Waals surface area contributed by atoms with E-state index in [2.05, 4.69) is 17.1 Å². The molecule has 0 saturated heterocycles. The zero-order chi connectivity index (χ0) is 8.27. The van der Waals surface area contributed by atoms with E-state index in [1.54, 1.807) is 16.3 Å². The smallest absolute Gasteiger partial charge is 0.191 e. The maximum Gasteiger partial charge on any atom is 0.191 e. The summed E-state index contributed by atoms with van der Waals surface area (Å²) in [6.45, 7) is 2.01. The van der Waals surface area contributed by atoms with Crippen LogP contribution in [0.15, 0.2) is 5.16 Å². The van der Waals surface area contributed by atoms with Crippen molar-refractivity contribution in [3.63, 3.8) is 0 Å². The van der Waals surface area contributed by atoms with Crippen LogP contribution in [-0.2, 0) is 13.7 Å². The van der Waals surface area contributed by atoms with E-state index in [1.807, 2.05) is 7.05 Å². The van der Waals surface area contributed by atoms with Gasteiger partial charge in [-0.2, -0.15) is 0 Å². The van der Waals surface area contributed by atoms with Crippen molar-refractivity contribution in [2.24, 2.45) is 7.05 Å². The summed E-state index contributed by atoms with van der Waals surface area (Å²) >= 11 is 1.62. The number of aromatic nitrogens is 3. The van der Waals surface area contributed by atoms with Crippen molar-refractivity contribution in [3.8, 4) is 0 Å². The van der Waals surface area contributed by atoms with Crippen molar-refractivity contribution < 1.29 is 5.11 Å². The van der Waals surface area contributed by atoms with E-state index in [4.69, 9.17) is 5.11 Å². The second-order valence-corrected chi connectivity index (χ2v) is 3.28. The first-order valence-corrected chi connectivity index (χ1v) is 4.40. The highest BCUT2D eigenvalue weighted by molar-refractivity contribution is 7.99. The Morgan fingerprint density at radius 1 is 1.55 bits per heavy atom. The van der Waals surface area contributed by atoms with Crippen LogP contribution in [0.4, 0.5) is 0 Å². The molecule has 11 heavy (non-hydrogen) atoms. The molecule has 1 heterocycles. The Morgan fingerprint density at radius 3 is 2.73 bits per heavy atom. The van der Waals surface area contributed by atoms with Crippen molar-refractivity contribution in [2.75, 3.05) is 5.75 Å². The first-order chi connectivity index (χ1) is 5.29. The monoisotopic (exact) mass is 173 g/mol. The van der Waals surface area contributed by atoms with Crippen LogP contribution in [0.3, 0.4) is 0 Å². The van der Waals surface area contributed by atoms with Crippen molar-refractivity contribution in [3.05, 3.63) is 5.82 Å². The molecular formula is C6H11N3OS. The van der Waals surface area contributed by atoms with E-state index >= 15 is 0 Å². The zero-order valence-corrected chi connectivity index (χ0v) is 7.43. The molecule has 1 N–H and O–H groups in total. The Labute approximate surface area is 69.6 Å². The normalized spacial score (nSPS) is 10.5. The van der Waals surface area contributed by atoms with Crippen LogP contribution in [0.1, 0.15) is 12.7 Å². The molecule has 62 valence electrons. The van der Waals surface area contributed by atoms with E-state index < -0.39 is 0 Å². The van der Waals surface area contributed by atoms with Gasteiger partial charge in [0.15, 0.2) is 11.0 Å². The topological polar surface area (TPSA) is 50.9 Å². The molecule has 0 radical (unpaired) electrons. The van der Waals surface area contributed by atoms with Crippen molar-refractivity contribution in [1.29, 1.82) is 0 Å². The Morgan fingerprint density at radius 2 is 2.27 bits per heavy atom. The molecule has 1 aromatic heterocycles. The summed E-state index contributed by atoms with van der Waals surface area (Å²) in [4.78, 5) is 0. The second kappa shape index (κ2) is 3.73. The summed E-state index contributed by atoms with van der Waals surface area (Å²) < 4.78 is 1.80. The van der Waals surface area contributed by atoms with Crippen LogP contribution in [0, 0.1) is 0 Å². The summed E-state index contributed by atoms with van der Waals surface area (Å²) in [6.07, 6.45) is 0. The predicted octanol–water partition coefficient (Wildman–Crippen LogP) is 0.419. The van der Waals surface area contributed by atoms with Crippen LogP contribution in [0.5, 0.6) is 0 Å². The third-order valence-corrected chi connectivity index (χ3v) is 2.24. The van der Waals surface area contributed by atoms with Crippen molar-refractivity contribution in [2.45, 2.75) is 18.7 Å². The molecule has 4 nitrogen and oxygen atoms in total. The lowest BCUT2D eigenvalue weighted by molar-refractivity contribution is 0.266. The lowest BCUT2D eigenvalue weighted by Gasteiger charge is -1.98. The van der Waals surface area contributed by atoms with Gasteiger partial charge in [-0.1, -0.05) is 18.7 Å². The highest BCUT2D eigenvalue weighted by Gasteiger charge is 2.05. The molecule has 1 aromatic rings. The van der Waals surface area contributed by atoms with Gasteiger partial charge in [-0.15, -0.1) is 10.2 Å². The average molecular weight is 173 g/mol. The van der Waals surface area contributed by atoms with Crippen LogP contribution in [-0.4, -0.2) is 25.6 Å². The molecule has 0 aliphatic heterocycles. The molecule has 0 unspecified atom stereocenters. The molecule has 0 bridgehead atoms. The molecule has 0 amide bonds. The molecule has 0 aliphatic rings. The first kappa shape index (κ1) is 8.55. The van der Waals surface area contributed by atoms with Gasteiger partial charge in [-0.25, -0.2) is 0 Å². The Hall–Kier alpha value is -0.550. The van der Waals surface area contributed by atoms with Gasteiger partial charge in [-0.05, 0) is 5.75 Å². The van der Waals surface area contributed by atoms with Gasteiger partial charge in [0.25, 0.3) is 0 Å². The van der Waals surface area contributed by atoms with Crippen molar-refractivity contribution in [1.82, 2.24) is 14.8 Å². The molecule has 0 fully saturated rings. The van der Waals surface area contributed by atoms with Gasteiger partial charge in [0.2, 0.25) is 0 Å². The van der Waals surface area contributed by atoms with Gasteiger partial charge in [-0.3, -0.25) is 0 Å². The Balaban J connectivity index is 2.82. The number of thioether (sulfide) groups is 1. The third-order valence-electron chi connectivity index (χ3n) is 1.34. The van der Waals surface area contributed by atoms with Gasteiger partial charge in [0.1, 0.15) is 6.61 Å². The molecule has 0 saturated carbocycles. The number of aliphatic hydroxyl groups is 1. The van der Waals surface area contributed by atoms with Crippen LogP contribution in [0.2, 0.25) is 0 Å². The predicted molar refractivity (Wildman–Crippen MR) is 43.3 cm³/mol. The van der Waals surface area contributed by atoms with Gasteiger partial charge in [0.05, 0.1) is 0 Å². The summed E-state index contributed by atoms with van der Waals surface area (Å²) in [6, 6.07) is 0. The maximum atomic E-state index is 8.77. The van der Waals surface area contributed by atoms with Gasteiger partial charge < -0.3 is 9.67 Å². The number of hydrogen-bond acceptors (Lipinski definition) is 4. The largest absolute Gasteiger partial charge is 0.388 e. The Bertz CT molecular complexity index is 236. The van der Waals surface area contributed by atoms with Crippen LogP contribution in [0.25, 0.3) is 0 Å². The Kier molecular flexibility index (Phi) is 2.90. The summed E-state index contributed by atoms with van der Waals surface area (Å²) in [5.74, 6) is 1.58. The molecule has 1 rings (SSSR count). The third kappa shape index (κ3) is 1.72. The van der Waals surface area contributed by atoms with E-state index in [0.29, 0.717) is 5.82 Å². The summed E-state index contributed by atoms with van der Waals surface area (Å²) in [5, 5.41) is 17.3. The van der Waals surface area contributed by atoms with E-state index in [1.165, 1.54) is 0 Å². The maximum absolute atomic E-state index is 8.77. The highest BCUT2D eigenvalue weighted by Crippen LogP contribution is 2.14. The minimum Gasteiger partial charge on any atom is -0.388 e. The van der Waals surface area contributed by atoms with Gasteiger partial charge in [0, 0.05) is 7.05 Å². The lowest BCUT2D eigenvalue weighted by atomic mass is 10.6. The molecule has 0 aromatic carbocycles. The zero-order valence-electron chi connectivity index (χ0n) is 6.61. The molecular weight excluding hydrogens is 162 g/mol. The standard InChI is InChI=1S/C6H11N3OS/c1-3-11-6-8-7-5(4-10)9(6)2/h10H,3-4H2,1-2H3. The molecule has 0 atom stereocenters. The second-order valence-electron chi connectivity index (χ2n) is 2.05. The first-order valence-electron chi connectivity index (χ1n) is 3.41. The van der Waals surface area contributed by atoms with Gasteiger partial charge >= 0.3 is 0 Å². The fraction of sp³-hybridized carbons (Fsp3) is 0.667. The summed E-state index contributed by atoms with van der Waals surface area (Å²) in [5.41, 5.74) is 0. The number of rotatable bonds is 3. The van der Waals surface area contributed by atoms with Crippen molar-refractivity contribution >= 4 is 11.8 Å². The van der Waals surface area contributed by atoms with E-state index in [-0.39, 0.29) is 6.61 Å². The quantitative estimate of drug-likeness (QED) is 0.673. The molecule has 0 spiro atoms. The molecule has 0 aliphatic carbocycles. The lowest BCUT2D eigenvalue weighted by Crippen LogP contribution is -1.98. The minimum absolute atomic E-state index is 0.0478. The fourth-order valence-corrected chi connectivity index (χ4v) is 1.39.